The summed E-state index contributed by atoms with van der Waals surface area (Å²) in [7, 11) is 0. The minimum atomic E-state index is -0.797. The van der Waals surface area contributed by atoms with Crippen molar-refractivity contribution in [2.75, 3.05) is 0 Å². The standard InChI is InChI=1S/C16H21BrN2O/c1-11(2)12-5-7-16(10-18,8-6-12)15(20)14-4-3-13(17)9-19-14/h3-4,9,11-12,15,20H,5-8H2,1-2H3. The van der Waals surface area contributed by atoms with Crippen LogP contribution in [0.3, 0.4) is 0 Å². The molecule has 1 unspecified atom stereocenters. The number of nitrogens with zero attached hydrogens (tertiary/aromatic N) is 2. The third-order valence-electron chi connectivity index (χ3n) is 4.64. The van der Waals surface area contributed by atoms with E-state index >= 15 is 0 Å². The number of halogens is 1. The molecule has 0 aromatic carbocycles. The van der Waals surface area contributed by atoms with Crippen molar-refractivity contribution in [2.45, 2.75) is 45.6 Å². The molecular formula is C16H21BrN2O. The number of nitriles is 1. The van der Waals surface area contributed by atoms with Gasteiger partial charge in [-0.15, -0.1) is 0 Å². The number of aliphatic hydroxyl groups is 1. The van der Waals surface area contributed by atoms with Gasteiger partial charge in [0.15, 0.2) is 0 Å². The molecule has 0 aliphatic heterocycles. The Bertz CT molecular complexity index is 484. The molecule has 1 aromatic rings. The van der Waals surface area contributed by atoms with Crippen LogP contribution in [0.4, 0.5) is 0 Å². The van der Waals surface area contributed by atoms with Crippen molar-refractivity contribution in [1.82, 2.24) is 4.98 Å². The number of aliphatic hydroxyl groups excluding tert-OH is 1. The van der Waals surface area contributed by atoms with Crippen molar-refractivity contribution in [3.8, 4) is 6.07 Å². The van der Waals surface area contributed by atoms with Gasteiger partial charge in [-0.2, -0.15) is 5.26 Å². The number of hydrogen-bond donors (Lipinski definition) is 1. The van der Waals surface area contributed by atoms with Gasteiger partial charge in [0.1, 0.15) is 6.10 Å². The van der Waals surface area contributed by atoms with E-state index in [0.717, 1.165) is 30.2 Å². The second-order valence-corrected chi connectivity index (χ2v) is 7.07. The van der Waals surface area contributed by atoms with Crippen LogP contribution in [0.5, 0.6) is 0 Å². The molecule has 3 nitrogen and oxygen atoms in total. The molecule has 1 heterocycles. The second kappa shape index (κ2) is 6.24. The highest BCUT2D eigenvalue weighted by Crippen LogP contribution is 2.48. The van der Waals surface area contributed by atoms with E-state index < -0.39 is 11.5 Å². The molecule has 108 valence electrons. The fourth-order valence-electron chi connectivity index (χ4n) is 3.10. The molecule has 1 aromatic heterocycles. The van der Waals surface area contributed by atoms with Gasteiger partial charge in [-0.3, -0.25) is 4.98 Å². The maximum atomic E-state index is 10.6. The van der Waals surface area contributed by atoms with Crippen LogP contribution in [0.2, 0.25) is 0 Å². The quantitative estimate of drug-likeness (QED) is 0.898. The molecule has 0 bridgehead atoms. The molecule has 1 aliphatic rings. The van der Waals surface area contributed by atoms with Gasteiger partial charge in [0.2, 0.25) is 0 Å². The summed E-state index contributed by atoms with van der Waals surface area (Å²) in [5.41, 5.74) is -0.0792. The average molecular weight is 337 g/mol. The van der Waals surface area contributed by atoms with E-state index in [4.69, 9.17) is 0 Å². The molecule has 0 spiro atoms. The van der Waals surface area contributed by atoms with Crippen LogP contribution in [0.1, 0.15) is 51.3 Å². The zero-order valence-electron chi connectivity index (χ0n) is 12.0. The van der Waals surface area contributed by atoms with Gasteiger partial charge in [0.05, 0.1) is 17.2 Å². The van der Waals surface area contributed by atoms with Gasteiger partial charge in [0, 0.05) is 10.7 Å². The average Bonchev–Trinajstić information content (AvgIpc) is 2.47. The normalized spacial score (nSPS) is 28.1. The highest BCUT2D eigenvalue weighted by Gasteiger charge is 2.43. The molecule has 0 radical (unpaired) electrons. The zero-order valence-corrected chi connectivity index (χ0v) is 13.6. The summed E-state index contributed by atoms with van der Waals surface area (Å²) in [6.07, 6.45) is 4.41. The lowest BCUT2D eigenvalue weighted by Gasteiger charge is -2.39. The number of pyridine rings is 1. The summed E-state index contributed by atoms with van der Waals surface area (Å²) in [6, 6.07) is 6.04. The van der Waals surface area contributed by atoms with E-state index in [9.17, 15) is 10.4 Å². The minimum Gasteiger partial charge on any atom is -0.385 e. The van der Waals surface area contributed by atoms with Gasteiger partial charge in [-0.05, 0) is 65.6 Å². The van der Waals surface area contributed by atoms with Crippen LogP contribution in [0, 0.1) is 28.6 Å². The molecule has 1 aliphatic carbocycles. The molecular weight excluding hydrogens is 316 g/mol. The lowest BCUT2D eigenvalue weighted by Crippen LogP contribution is -2.34. The predicted octanol–water partition coefficient (Wildman–Crippen LogP) is 4.23. The topological polar surface area (TPSA) is 56.9 Å². The van der Waals surface area contributed by atoms with Crippen LogP contribution in [0.15, 0.2) is 22.8 Å². The van der Waals surface area contributed by atoms with Crippen molar-refractivity contribution >= 4 is 15.9 Å². The van der Waals surface area contributed by atoms with E-state index in [0.29, 0.717) is 17.5 Å². The van der Waals surface area contributed by atoms with Gasteiger partial charge in [0.25, 0.3) is 0 Å². The van der Waals surface area contributed by atoms with Crippen molar-refractivity contribution < 1.29 is 5.11 Å². The first-order valence-electron chi connectivity index (χ1n) is 7.19. The summed E-state index contributed by atoms with van der Waals surface area (Å²) in [6.45, 7) is 4.47. The molecule has 1 N–H and O–H groups in total. The van der Waals surface area contributed by atoms with Crippen LogP contribution >= 0.6 is 15.9 Å². The summed E-state index contributed by atoms with van der Waals surface area (Å²) in [5, 5.41) is 20.2. The maximum Gasteiger partial charge on any atom is 0.114 e. The highest BCUT2D eigenvalue weighted by atomic mass is 79.9. The van der Waals surface area contributed by atoms with Crippen LogP contribution in [0.25, 0.3) is 0 Å². The number of aromatic nitrogens is 1. The van der Waals surface area contributed by atoms with Gasteiger partial charge in [-0.25, -0.2) is 0 Å². The molecule has 20 heavy (non-hydrogen) atoms. The van der Waals surface area contributed by atoms with Gasteiger partial charge < -0.3 is 5.11 Å². The van der Waals surface area contributed by atoms with Gasteiger partial charge >= 0.3 is 0 Å². The smallest absolute Gasteiger partial charge is 0.114 e. The zero-order chi connectivity index (χ0) is 14.8. The number of hydrogen-bond acceptors (Lipinski definition) is 3. The summed E-state index contributed by atoms with van der Waals surface area (Å²) in [5.74, 6) is 1.32. The molecule has 1 fully saturated rings. The Kier molecular flexibility index (Phi) is 4.82. The Labute approximate surface area is 129 Å². The fraction of sp³-hybridized carbons (Fsp3) is 0.625. The third-order valence-corrected chi connectivity index (χ3v) is 5.11. The van der Waals surface area contributed by atoms with E-state index in [1.54, 1.807) is 12.3 Å². The first-order valence-corrected chi connectivity index (χ1v) is 7.98. The first kappa shape index (κ1) is 15.5. The Hall–Kier alpha value is -0.920. The Morgan fingerprint density at radius 1 is 1.40 bits per heavy atom. The van der Waals surface area contributed by atoms with Crippen molar-refractivity contribution in [1.29, 1.82) is 5.26 Å². The number of rotatable bonds is 3. The van der Waals surface area contributed by atoms with Crippen molar-refractivity contribution in [3.05, 3.63) is 28.5 Å². The lowest BCUT2D eigenvalue weighted by molar-refractivity contribution is 0.0162. The third kappa shape index (κ3) is 3.05. The Morgan fingerprint density at radius 2 is 2.05 bits per heavy atom. The summed E-state index contributed by atoms with van der Waals surface area (Å²) in [4.78, 5) is 4.25. The summed E-state index contributed by atoms with van der Waals surface area (Å²) >= 11 is 3.34. The van der Waals surface area contributed by atoms with Crippen molar-refractivity contribution in [3.63, 3.8) is 0 Å². The highest BCUT2D eigenvalue weighted by molar-refractivity contribution is 9.10. The van der Waals surface area contributed by atoms with E-state index in [2.05, 4.69) is 40.8 Å². The fourth-order valence-corrected chi connectivity index (χ4v) is 3.33. The van der Waals surface area contributed by atoms with Crippen molar-refractivity contribution in [2.24, 2.45) is 17.3 Å². The monoisotopic (exact) mass is 336 g/mol. The predicted molar refractivity (Wildman–Crippen MR) is 81.7 cm³/mol. The molecule has 1 saturated carbocycles. The molecule has 4 heteroatoms. The molecule has 0 saturated heterocycles. The maximum absolute atomic E-state index is 10.6. The molecule has 1 atom stereocenters. The minimum absolute atomic E-state index is 0.595. The van der Waals surface area contributed by atoms with Crippen LogP contribution in [-0.4, -0.2) is 10.1 Å². The van der Waals surface area contributed by atoms with E-state index in [-0.39, 0.29) is 0 Å². The van der Waals surface area contributed by atoms with E-state index in [1.165, 1.54) is 0 Å². The SMILES string of the molecule is CC(C)C1CCC(C#N)(C(O)c2ccc(Br)cn2)CC1. The molecule has 0 amide bonds. The first-order chi connectivity index (χ1) is 9.48. The van der Waals surface area contributed by atoms with Gasteiger partial charge in [-0.1, -0.05) is 13.8 Å². The Balaban J connectivity index is 2.16. The largest absolute Gasteiger partial charge is 0.385 e. The van der Waals surface area contributed by atoms with Crippen LogP contribution < -0.4 is 0 Å². The van der Waals surface area contributed by atoms with Crippen LogP contribution in [-0.2, 0) is 0 Å². The Morgan fingerprint density at radius 3 is 2.50 bits per heavy atom. The molecule has 2 rings (SSSR count). The summed E-state index contributed by atoms with van der Waals surface area (Å²) < 4.78 is 0.878. The lowest BCUT2D eigenvalue weighted by atomic mass is 9.65. The second-order valence-electron chi connectivity index (χ2n) is 6.15. The van der Waals surface area contributed by atoms with E-state index in [1.807, 2.05) is 6.07 Å².